The fourth-order valence-corrected chi connectivity index (χ4v) is 2.96. The summed E-state index contributed by atoms with van der Waals surface area (Å²) >= 11 is 1.57. The average Bonchev–Trinajstić information content (AvgIpc) is 2.61. The van der Waals surface area contributed by atoms with E-state index in [1.54, 1.807) is 51.3 Å². The average molecular weight is 332 g/mol. The minimum absolute atomic E-state index is 0.0445. The number of Topliss-reactive ketones (excluding diaryl/α,β-unsaturated/α-hetero) is 1. The lowest BCUT2D eigenvalue weighted by molar-refractivity contribution is 0.101. The van der Waals surface area contributed by atoms with Crippen molar-refractivity contribution < 1.29 is 19.0 Å². The lowest BCUT2D eigenvalue weighted by Gasteiger charge is -2.09. The van der Waals surface area contributed by atoms with Gasteiger partial charge in [0.15, 0.2) is 5.78 Å². The van der Waals surface area contributed by atoms with Crippen molar-refractivity contribution in [1.29, 1.82) is 0 Å². The summed E-state index contributed by atoms with van der Waals surface area (Å²) in [5.74, 6) is 3.26. The minimum atomic E-state index is 0.0445. The van der Waals surface area contributed by atoms with Crippen molar-refractivity contribution in [2.75, 3.05) is 27.1 Å². The lowest BCUT2D eigenvalue weighted by Crippen LogP contribution is -2.05. The number of hydrogen-bond donors (Lipinski definition) is 0. The first-order valence-electron chi connectivity index (χ1n) is 7.14. The van der Waals surface area contributed by atoms with E-state index in [-0.39, 0.29) is 5.78 Å². The molecule has 122 valence electrons. The van der Waals surface area contributed by atoms with Crippen LogP contribution < -0.4 is 14.2 Å². The monoisotopic (exact) mass is 332 g/mol. The zero-order valence-electron chi connectivity index (χ0n) is 13.5. The van der Waals surface area contributed by atoms with E-state index in [1.807, 2.05) is 24.3 Å². The topological polar surface area (TPSA) is 44.8 Å². The summed E-state index contributed by atoms with van der Waals surface area (Å²) in [6, 6.07) is 13.1. The van der Waals surface area contributed by atoms with Gasteiger partial charge in [-0.05, 0) is 29.8 Å². The summed E-state index contributed by atoms with van der Waals surface area (Å²) in [6.07, 6.45) is 0. The van der Waals surface area contributed by atoms with Crippen molar-refractivity contribution in [2.24, 2.45) is 0 Å². The van der Waals surface area contributed by atoms with Crippen LogP contribution in [0.4, 0.5) is 0 Å². The molecule has 4 nitrogen and oxygen atoms in total. The van der Waals surface area contributed by atoms with Crippen LogP contribution in [0.25, 0.3) is 0 Å². The van der Waals surface area contributed by atoms with Crippen molar-refractivity contribution in [3.8, 4) is 17.2 Å². The summed E-state index contributed by atoms with van der Waals surface area (Å²) in [4.78, 5) is 12.4. The first-order valence-corrected chi connectivity index (χ1v) is 8.29. The summed E-state index contributed by atoms with van der Waals surface area (Å²) in [5, 5.41) is 0. The van der Waals surface area contributed by atoms with Gasteiger partial charge in [0, 0.05) is 11.8 Å². The van der Waals surface area contributed by atoms with Crippen molar-refractivity contribution in [3.63, 3.8) is 0 Å². The normalized spacial score (nSPS) is 10.2. The van der Waals surface area contributed by atoms with Crippen LogP contribution in [-0.2, 0) is 5.75 Å². The van der Waals surface area contributed by atoms with Crippen LogP contribution in [0.15, 0.2) is 42.5 Å². The van der Waals surface area contributed by atoms with E-state index in [1.165, 1.54) is 0 Å². The maximum atomic E-state index is 12.4. The third-order valence-corrected chi connectivity index (χ3v) is 4.37. The highest BCUT2D eigenvalue weighted by Gasteiger charge is 2.13. The number of ether oxygens (including phenoxy) is 3. The number of carbonyl (C=O) groups is 1. The van der Waals surface area contributed by atoms with Gasteiger partial charge in [-0.15, -0.1) is 11.8 Å². The number of methoxy groups -OCH3 is 3. The number of benzene rings is 2. The summed E-state index contributed by atoms with van der Waals surface area (Å²) < 4.78 is 15.5. The largest absolute Gasteiger partial charge is 0.497 e. The van der Waals surface area contributed by atoms with Crippen molar-refractivity contribution in [3.05, 3.63) is 53.6 Å². The number of thioether (sulfide) groups is 1. The van der Waals surface area contributed by atoms with E-state index in [4.69, 9.17) is 14.2 Å². The number of ketones is 1. The van der Waals surface area contributed by atoms with E-state index < -0.39 is 0 Å². The maximum absolute atomic E-state index is 12.4. The molecule has 0 aliphatic rings. The Kier molecular flexibility index (Phi) is 6.35. The van der Waals surface area contributed by atoms with Crippen LogP contribution in [-0.4, -0.2) is 32.9 Å². The van der Waals surface area contributed by atoms with Crippen molar-refractivity contribution in [1.82, 2.24) is 0 Å². The molecule has 23 heavy (non-hydrogen) atoms. The Labute approximate surface area is 140 Å². The van der Waals surface area contributed by atoms with Gasteiger partial charge >= 0.3 is 0 Å². The Balaban J connectivity index is 1.93. The van der Waals surface area contributed by atoms with Gasteiger partial charge in [-0.2, -0.15) is 0 Å². The summed E-state index contributed by atoms with van der Waals surface area (Å²) in [5.41, 5.74) is 1.74. The molecule has 0 radical (unpaired) electrons. The van der Waals surface area contributed by atoms with E-state index in [0.29, 0.717) is 22.8 Å². The first-order chi connectivity index (χ1) is 11.2. The third-order valence-electron chi connectivity index (χ3n) is 3.37. The fourth-order valence-electron chi connectivity index (χ4n) is 2.09. The van der Waals surface area contributed by atoms with Gasteiger partial charge in [-0.25, -0.2) is 0 Å². The van der Waals surface area contributed by atoms with Gasteiger partial charge in [0.2, 0.25) is 0 Å². The van der Waals surface area contributed by atoms with E-state index in [0.717, 1.165) is 17.1 Å². The second kappa shape index (κ2) is 8.48. The molecule has 5 heteroatoms. The van der Waals surface area contributed by atoms with Crippen LogP contribution in [0.5, 0.6) is 17.2 Å². The van der Waals surface area contributed by atoms with Gasteiger partial charge in [0.05, 0.1) is 32.6 Å². The van der Waals surface area contributed by atoms with Gasteiger partial charge < -0.3 is 14.2 Å². The molecule has 0 fully saturated rings. The molecular weight excluding hydrogens is 312 g/mol. The number of hydrogen-bond acceptors (Lipinski definition) is 5. The van der Waals surface area contributed by atoms with Crippen LogP contribution in [0.3, 0.4) is 0 Å². The fraction of sp³-hybridized carbons (Fsp3) is 0.278. The zero-order valence-corrected chi connectivity index (χ0v) is 14.3. The van der Waals surface area contributed by atoms with Crippen LogP contribution in [0.2, 0.25) is 0 Å². The van der Waals surface area contributed by atoms with E-state index in [9.17, 15) is 4.79 Å². The predicted molar refractivity (Wildman–Crippen MR) is 93.0 cm³/mol. The molecule has 0 saturated carbocycles. The zero-order chi connectivity index (χ0) is 16.7. The van der Waals surface area contributed by atoms with Crippen molar-refractivity contribution in [2.45, 2.75) is 5.75 Å². The third kappa shape index (κ3) is 4.66. The first kappa shape index (κ1) is 17.2. The standard InChI is InChI=1S/C18H20O4S/c1-20-14-6-4-13(5-7-14)11-23-12-17(19)16-9-8-15(21-2)10-18(16)22-3/h4-10H,11-12H2,1-3H3. The maximum Gasteiger partial charge on any atom is 0.176 e. The molecule has 0 heterocycles. The molecule has 2 aromatic carbocycles. The van der Waals surface area contributed by atoms with Crippen LogP contribution in [0, 0.1) is 0 Å². The molecule has 0 saturated heterocycles. The number of rotatable bonds is 8. The Morgan fingerprint density at radius 2 is 1.57 bits per heavy atom. The molecule has 0 aliphatic carbocycles. The molecule has 0 amide bonds. The highest BCUT2D eigenvalue weighted by molar-refractivity contribution is 7.99. The molecule has 0 unspecified atom stereocenters. The highest BCUT2D eigenvalue weighted by atomic mass is 32.2. The summed E-state index contributed by atoms with van der Waals surface area (Å²) in [7, 11) is 4.78. The predicted octanol–water partition coefficient (Wildman–Crippen LogP) is 3.83. The van der Waals surface area contributed by atoms with Gasteiger partial charge in [-0.1, -0.05) is 12.1 Å². The Morgan fingerprint density at radius 3 is 2.17 bits per heavy atom. The van der Waals surface area contributed by atoms with Crippen LogP contribution in [0.1, 0.15) is 15.9 Å². The second-order valence-corrected chi connectivity index (χ2v) is 5.82. The van der Waals surface area contributed by atoms with Crippen molar-refractivity contribution >= 4 is 17.5 Å². The quantitative estimate of drug-likeness (QED) is 0.688. The SMILES string of the molecule is COc1ccc(CSCC(=O)c2ccc(OC)cc2OC)cc1. The van der Waals surface area contributed by atoms with Gasteiger partial charge in [-0.3, -0.25) is 4.79 Å². The molecule has 0 aliphatic heterocycles. The molecular formula is C18H20O4S. The molecule has 0 N–H and O–H groups in total. The lowest BCUT2D eigenvalue weighted by atomic mass is 10.1. The molecule has 0 atom stereocenters. The van der Waals surface area contributed by atoms with E-state index in [2.05, 4.69) is 0 Å². The highest BCUT2D eigenvalue weighted by Crippen LogP contribution is 2.26. The minimum Gasteiger partial charge on any atom is -0.497 e. The molecule has 0 spiro atoms. The Morgan fingerprint density at radius 1 is 0.913 bits per heavy atom. The molecule has 0 bridgehead atoms. The molecule has 2 rings (SSSR count). The smallest absolute Gasteiger partial charge is 0.176 e. The molecule has 2 aromatic rings. The van der Waals surface area contributed by atoms with Crippen LogP contribution >= 0.6 is 11.8 Å². The second-order valence-electron chi connectivity index (χ2n) is 4.83. The van der Waals surface area contributed by atoms with Gasteiger partial charge in [0.25, 0.3) is 0 Å². The Hall–Kier alpha value is -2.14. The molecule has 0 aromatic heterocycles. The van der Waals surface area contributed by atoms with E-state index >= 15 is 0 Å². The van der Waals surface area contributed by atoms with Gasteiger partial charge in [0.1, 0.15) is 17.2 Å². The number of carbonyl (C=O) groups excluding carboxylic acids is 1. The Bertz CT molecular complexity index is 653. The summed E-state index contributed by atoms with van der Waals surface area (Å²) in [6.45, 7) is 0.